The van der Waals surface area contributed by atoms with Crippen LogP contribution < -0.4 is 0 Å². The Kier molecular flexibility index (Phi) is 4.89. The second-order valence-corrected chi connectivity index (χ2v) is 10.1. The molecule has 2 heterocycles. The van der Waals surface area contributed by atoms with Crippen LogP contribution in [0.15, 0.2) is 140 Å². The van der Waals surface area contributed by atoms with Gasteiger partial charge in [-0.25, -0.2) is 4.85 Å². The quantitative estimate of drug-likeness (QED) is 0.210. The highest BCUT2D eigenvalue weighted by atomic mass is 15.0. The molecule has 0 unspecified atom stereocenters. The third kappa shape index (κ3) is 3.24. The largest absolute Gasteiger partial charge is 0.309 e. The van der Waals surface area contributed by atoms with Gasteiger partial charge >= 0.3 is 0 Å². The molecule has 186 valence electrons. The van der Waals surface area contributed by atoms with Gasteiger partial charge in [-0.05, 0) is 59.7 Å². The maximum absolute atomic E-state index is 7.36. The zero-order chi connectivity index (χ0) is 26.6. The van der Waals surface area contributed by atoms with Gasteiger partial charge in [0.1, 0.15) is 0 Å². The lowest BCUT2D eigenvalue weighted by Gasteiger charge is -2.12. The van der Waals surface area contributed by atoms with E-state index in [0.29, 0.717) is 5.69 Å². The van der Waals surface area contributed by atoms with E-state index in [9.17, 15) is 0 Å². The monoisotopic (exact) mass is 509 g/mol. The molecule has 6 aromatic carbocycles. The SMILES string of the molecule is [C-]#[N+]c1cccc(-c2ccc(-n3c4ccccc4c4c(-n5c6ccccc6c6ccccc65)cccc43)cc2)c1. The van der Waals surface area contributed by atoms with E-state index in [4.69, 9.17) is 6.57 Å². The summed E-state index contributed by atoms with van der Waals surface area (Å²) in [6.07, 6.45) is 0. The summed E-state index contributed by atoms with van der Waals surface area (Å²) in [6.45, 7) is 7.36. The fourth-order valence-electron chi connectivity index (χ4n) is 6.20. The van der Waals surface area contributed by atoms with E-state index in [1.807, 2.05) is 18.2 Å². The molecule has 0 fully saturated rings. The van der Waals surface area contributed by atoms with Crippen LogP contribution in [-0.4, -0.2) is 9.13 Å². The van der Waals surface area contributed by atoms with Crippen LogP contribution in [0.1, 0.15) is 0 Å². The molecule has 3 heteroatoms. The van der Waals surface area contributed by atoms with Gasteiger partial charge in [0.25, 0.3) is 0 Å². The molecule has 0 spiro atoms. The Balaban J connectivity index is 1.40. The molecule has 0 amide bonds. The van der Waals surface area contributed by atoms with Crippen molar-refractivity contribution in [2.24, 2.45) is 0 Å². The Morgan fingerprint density at radius 2 is 1.02 bits per heavy atom. The van der Waals surface area contributed by atoms with Gasteiger partial charge in [0.2, 0.25) is 0 Å². The molecule has 0 radical (unpaired) electrons. The van der Waals surface area contributed by atoms with Crippen molar-refractivity contribution in [1.82, 2.24) is 9.13 Å². The maximum atomic E-state index is 7.36. The average Bonchev–Trinajstić information content (AvgIpc) is 3.54. The minimum absolute atomic E-state index is 0.654. The normalized spacial score (nSPS) is 11.5. The van der Waals surface area contributed by atoms with Crippen LogP contribution in [0, 0.1) is 6.57 Å². The van der Waals surface area contributed by atoms with E-state index >= 15 is 0 Å². The molecule has 8 rings (SSSR count). The molecule has 0 saturated carbocycles. The van der Waals surface area contributed by atoms with Crippen molar-refractivity contribution < 1.29 is 0 Å². The molecular formula is C37H23N3. The fraction of sp³-hybridized carbons (Fsp3) is 0. The van der Waals surface area contributed by atoms with E-state index in [2.05, 4.69) is 135 Å². The van der Waals surface area contributed by atoms with Crippen molar-refractivity contribution in [3.63, 3.8) is 0 Å². The average molecular weight is 510 g/mol. The summed E-state index contributed by atoms with van der Waals surface area (Å²) < 4.78 is 4.78. The van der Waals surface area contributed by atoms with Gasteiger partial charge < -0.3 is 9.13 Å². The van der Waals surface area contributed by atoms with Crippen molar-refractivity contribution in [2.45, 2.75) is 0 Å². The van der Waals surface area contributed by atoms with Gasteiger partial charge in [-0.1, -0.05) is 91.0 Å². The topological polar surface area (TPSA) is 14.2 Å². The minimum Gasteiger partial charge on any atom is -0.309 e. The Morgan fingerprint density at radius 1 is 0.450 bits per heavy atom. The molecule has 8 aromatic rings. The molecule has 3 nitrogen and oxygen atoms in total. The summed E-state index contributed by atoms with van der Waals surface area (Å²) in [4.78, 5) is 3.59. The van der Waals surface area contributed by atoms with E-state index in [1.54, 1.807) is 0 Å². The van der Waals surface area contributed by atoms with E-state index in [-0.39, 0.29) is 0 Å². The van der Waals surface area contributed by atoms with Crippen molar-refractivity contribution in [3.05, 3.63) is 151 Å². The number of hydrogen-bond acceptors (Lipinski definition) is 0. The number of nitrogens with zero attached hydrogens (tertiary/aromatic N) is 3. The second-order valence-electron chi connectivity index (χ2n) is 10.1. The first-order valence-electron chi connectivity index (χ1n) is 13.4. The zero-order valence-corrected chi connectivity index (χ0v) is 21.6. The molecular weight excluding hydrogens is 486 g/mol. The Hall–Kier alpha value is -5.59. The van der Waals surface area contributed by atoms with Crippen LogP contribution in [-0.2, 0) is 0 Å². The summed E-state index contributed by atoms with van der Waals surface area (Å²) in [5.41, 5.74) is 9.85. The lowest BCUT2D eigenvalue weighted by molar-refractivity contribution is 1.17. The molecule has 0 aliphatic heterocycles. The molecule has 0 N–H and O–H groups in total. The zero-order valence-electron chi connectivity index (χ0n) is 21.6. The van der Waals surface area contributed by atoms with Crippen molar-refractivity contribution >= 4 is 49.3 Å². The molecule has 0 saturated heterocycles. The van der Waals surface area contributed by atoms with Gasteiger partial charge in [-0.2, -0.15) is 0 Å². The van der Waals surface area contributed by atoms with Crippen LogP contribution in [0.4, 0.5) is 5.69 Å². The maximum Gasteiger partial charge on any atom is 0.187 e. The predicted molar refractivity (Wildman–Crippen MR) is 167 cm³/mol. The van der Waals surface area contributed by atoms with Crippen LogP contribution in [0.5, 0.6) is 0 Å². The van der Waals surface area contributed by atoms with E-state index < -0.39 is 0 Å². The number of benzene rings is 6. The Bertz CT molecular complexity index is 2220. The van der Waals surface area contributed by atoms with E-state index in [1.165, 1.54) is 49.3 Å². The second kappa shape index (κ2) is 8.73. The summed E-state index contributed by atoms with van der Waals surface area (Å²) in [5, 5.41) is 4.98. The number of rotatable bonds is 3. The fourth-order valence-corrected chi connectivity index (χ4v) is 6.20. The summed E-state index contributed by atoms with van der Waals surface area (Å²) in [7, 11) is 0. The summed E-state index contributed by atoms with van der Waals surface area (Å²) in [6, 6.07) is 49.1. The highest BCUT2D eigenvalue weighted by Crippen LogP contribution is 2.40. The van der Waals surface area contributed by atoms with Gasteiger partial charge in [-0.3, -0.25) is 0 Å². The molecule has 0 atom stereocenters. The van der Waals surface area contributed by atoms with Gasteiger partial charge in [0.15, 0.2) is 5.69 Å². The Morgan fingerprint density at radius 3 is 1.70 bits per heavy atom. The highest BCUT2D eigenvalue weighted by Gasteiger charge is 2.19. The van der Waals surface area contributed by atoms with Gasteiger partial charge in [0, 0.05) is 27.2 Å². The molecule has 0 aliphatic rings. The first-order chi connectivity index (χ1) is 19.8. The number of hydrogen-bond donors (Lipinski definition) is 0. The summed E-state index contributed by atoms with van der Waals surface area (Å²) >= 11 is 0. The lowest BCUT2D eigenvalue weighted by Crippen LogP contribution is -1.96. The van der Waals surface area contributed by atoms with Crippen molar-refractivity contribution in [1.29, 1.82) is 0 Å². The van der Waals surface area contributed by atoms with Crippen LogP contribution in [0.3, 0.4) is 0 Å². The molecule has 40 heavy (non-hydrogen) atoms. The Labute approximate surface area is 231 Å². The minimum atomic E-state index is 0.654. The molecule has 0 aliphatic carbocycles. The van der Waals surface area contributed by atoms with Crippen LogP contribution in [0.25, 0.3) is 71.0 Å². The number of para-hydroxylation sites is 3. The smallest absolute Gasteiger partial charge is 0.187 e. The first-order valence-corrected chi connectivity index (χ1v) is 13.4. The first kappa shape index (κ1) is 22.4. The number of fused-ring (bicyclic) bond motifs is 6. The van der Waals surface area contributed by atoms with Crippen LogP contribution in [0.2, 0.25) is 0 Å². The van der Waals surface area contributed by atoms with Crippen LogP contribution >= 0.6 is 0 Å². The third-order valence-electron chi connectivity index (χ3n) is 7.93. The lowest BCUT2D eigenvalue weighted by atomic mass is 10.0. The molecule has 0 bridgehead atoms. The van der Waals surface area contributed by atoms with Gasteiger partial charge in [0.05, 0.1) is 34.3 Å². The highest BCUT2D eigenvalue weighted by molar-refractivity contribution is 6.16. The standard InChI is InChI=1S/C37H23N3/c1-38-27-11-8-10-26(24-27)25-20-22-28(23-21-25)39-34-17-7-4-14-31(34)37-35(39)18-9-19-36(37)40-32-15-5-2-12-29(32)30-13-3-6-16-33(30)40/h2-24H. The van der Waals surface area contributed by atoms with Crippen molar-refractivity contribution in [2.75, 3.05) is 0 Å². The summed E-state index contributed by atoms with van der Waals surface area (Å²) in [5.74, 6) is 0. The van der Waals surface area contributed by atoms with Gasteiger partial charge in [-0.15, -0.1) is 0 Å². The molecule has 2 aromatic heterocycles. The predicted octanol–water partition coefficient (Wildman–Crippen LogP) is 10.1. The van der Waals surface area contributed by atoms with Crippen molar-refractivity contribution in [3.8, 4) is 22.5 Å². The van der Waals surface area contributed by atoms with E-state index in [0.717, 1.165) is 16.8 Å². The number of aromatic nitrogens is 2. The third-order valence-corrected chi connectivity index (χ3v) is 7.93.